The van der Waals surface area contributed by atoms with Crippen LogP contribution >= 0.6 is 0 Å². The monoisotopic (exact) mass is 408 g/mol. The summed E-state index contributed by atoms with van der Waals surface area (Å²) in [7, 11) is -3.57. The van der Waals surface area contributed by atoms with Crippen LogP contribution in [0.5, 0.6) is 0 Å². The zero-order valence-corrected chi connectivity index (χ0v) is 17.1. The van der Waals surface area contributed by atoms with Crippen molar-refractivity contribution in [1.82, 2.24) is 9.21 Å². The molecule has 2 heterocycles. The van der Waals surface area contributed by atoms with Crippen molar-refractivity contribution < 1.29 is 22.7 Å². The molecule has 1 aromatic carbocycles. The molecule has 1 aromatic rings. The highest BCUT2D eigenvalue weighted by Crippen LogP contribution is 2.24. The van der Waals surface area contributed by atoms with Crippen molar-refractivity contribution in [2.24, 2.45) is 5.92 Å². The molecule has 2 fully saturated rings. The van der Waals surface area contributed by atoms with Crippen LogP contribution in [0, 0.1) is 5.92 Å². The van der Waals surface area contributed by atoms with Gasteiger partial charge in [-0.2, -0.15) is 4.31 Å². The molecule has 3 rings (SSSR count). The highest BCUT2D eigenvalue weighted by molar-refractivity contribution is 7.89. The third-order valence-electron chi connectivity index (χ3n) is 5.44. The van der Waals surface area contributed by atoms with Gasteiger partial charge < -0.3 is 9.64 Å². The second kappa shape index (κ2) is 9.05. The summed E-state index contributed by atoms with van der Waals surface area (Å²) >= 11 is 0. The lowest BCUT2D eigenvalue weighted by atomic mass is 9.96. The molecule has 0 atom stereocenters. The van der Waals surface area contributed by atoms with Crippen molar-refractivity contribution in [1.29, 1.82) is 0 Å². The smallest absolute Gasteiger partial charge is 0.309 e. The van der Waals surface area contributed by atoms with Gasteiger partial charge in [0.05, 0.1) is 17.4 Å². The third-order valence-corrected chi connectivity index (χ3v) is 7.33. The fourth-order valence-electron chi connectivity index (χ4n) is 3.80. The van der Waals surface area contributed by atoms with Gasteiger partial charge in [-0.15, -0.1) is 0 Å². The average molecular weight is 409 g/mol. The molecule has 0 spiro atoms. The van der Waals surface area contributed by atoms with Gasteiger partial charge in [-0.1, -0.05) is 12.5 Å². The number of esters is 1. The SMILES string of the molecule is CCOC(=O)C1CCN(C(=O)c2cccc(S(=O)(=O)N3CCCCC3)c2)CC1. The quantitative estimate of drug-likeness (QED) is 0.698. The first-order chi connectivity index (χ1) is 13.4. The van der Waals surface area contributed by atoms with Gasteiger partial charge in [-0.25, -0.2) is 8.42 Å². The fourth-order valence-corrected chi connectivity index (χ4v) is 5.37. The number of sulfonamides is 1. The van der Waals surface area contributed by atoms with E-state index in [1.165, 1.54) is 10.4 Å². The van der Waals surface area contributed by atoms with Crippen LogP contribution in [-0.4, -0.2) is 62.3 Å². The summed E-state index contributed by atoms with van der Waals surface area (Å²) in [6, 6.07) is 6.29. The Hall–Kier alpha value is -1.93. The van der Waals surface area contributed by atoms with Crippen molar-refractivity contribution >= 4 is 21.9 Å². The molecule has 7 nitrogen and oxygen atoms in total. The number of piperidine rings is 2. The number of carbonyl (C=O) groups is 2. The normalized spacial score (nSPS) is 19.4. The van der Waals surface area contributed by atoms with Crippen LogP contribution in [0.4, 0.5) is 0 Å². The molecule has 0 saturated carbocycles. The summed E-state index contributed by atoms with van der Waals surface area (Å²) in [6.45, 7) is 4.12. The summed E-state index contributed by atoms with van der Waals surface area (Å²) in [6.07, 6.45) is 3.92. The zero-order chi connectivity index (χ0) is 20.1. The van der Waals surface area contributed by atoms with E-state index >= 15 is 0 Å². The van der Waals surface area contributed by atoms with Gasteiger partial charge in [0.1, 0.15) is 0 Å². The molecule has 154 valence electrons. The number of nitrogens with zero attached hydrogens (tertiary/aromatic N) is 2. The number of amides is 1. The Kier molecular flexibility index (Phi) is 6.72. The first kappa shape index (κ1) is 20.8. The molecule has 8 heteroatoms. The van der Waals surface area contributed by atoms with Crippen molar-refractivity contribution in [3.05, 3.63) is 29.8 Å². The molecule has 2 aliphatic heterocycles. The molecule has 1 amide bonds. The molecule has 0 aliphatic carbocycles. The molecule has 0 aromatic heterocycles. The van der Waals surface area contributed by atoms with E-state index in [1.807, 2.05) is 0 Å². The molecule has 28 heavy (non-hydrogen) atoms. The van der Waals surface area contributed by atoms with Gasteiger partial charge in [-0.3, -0.25) is 9.59 Å². The molecule has 2 aliphatic rings. The Morgan fingerprint density at radius 1 is 1.07 bits per heavy atom. The Balaban J connectivity index is 1.68. The predicted octanol–water partition coefficient (Wildman–Crippen LogP) is 2.28. The predicted molar refractivity (Wildman–Crippen MR) is 104 cm³/mol. The summed E-state index contributed by atoms with van der Waals surface area (Å²) in [4.78, 5) is 26.6. The van der Waals surface area contributed by atoms with E-state index < -0.39 is 10.0 Å². The molecule has 2 saturated heterocycles. The van der Waals surface area contributed by atoms with Gasteiger partial charge >= 0.3 is 5.97 Å². The standard InChI is InChI=1S/C20H28N2O5S/c1-2-27-20(24)16-9-13-21(14-10-16)19(23)17-7-6-8-18(15-17)28(25,26)22-11-4-3-5-12-22/h6-8,15-16H,2-5,9-14H2,1H3. The second-order valence-electron chi connectivity index (χ2n) is 7.31. The third kappa shape index (κ3) is 4.55. The Morgan fingerprint density at radius 2 is 1.75 bits per heavy atom. The molecular weight excluding hydrogens is 380 g/mol. The number of hydrogen-bond donors (Lipinski definition) is 0. The number of carbonyl (C=O) groups excluding carboxylic acids is 2. The van der Waals surface area contributed by atoms with Gasteiger partial charge in [0.15, 0.2) is 0 Å². The maximum atomic E-state index is 12.9. The van der Waals surface area contributed by atoms with Crippen LogP contribution in [-0.2, 0) is 19.6 Å². The minimum Gasteiger partial charge on any atom is -0.466 e. The van der Waals surface area contributed by atoms with Crippen molar-refractivity contribution in [3.63, 3.8) is 0 Å². The Labute approximate surface area is 166 Å². The van der Waals surface area contributed by atoms with Gasteiger partial charge in [0.25, 0.3) is 5.91 Å². The maximum absolute atomic E-state index is 12.9. The summed E-state index contributed by atoms with van der Waals surface area (Å²) in [5.41, 5.74) is 0.368. The Morgan fingerprint density at radius 3 is 2.39 bits per heavy atom. The number of hydrogen-bond acceptors (Lipinski definition) is 5. The number of likely N-dealkylation sites (tertiary alicyclic amines) is 1. The first-order valence-corrected chi connectivity index (χ1v) is 11.4. The van der Waals surface area contributed by atoms with Gasteiger partial charge in [-0.05, 0) is 50.8 Å². The second-order valence-corrected chi connectivity index (χ2v) is 9.25. The van der Waals surface area contributed by atoms with E-state index in [9.17, 15) is 18.0 Å². The van der Waals surface area contributed by atoms with Gasteiger partial charge in [0, 0.05) is 31.7 Å². The van der Waals surface area contributed by atoms with Crippen LogP contribution in [0.2, 0.25) is 0 Å². The molecule has 0 radical (unpaired) electrons. The first-order valence-electron chi connectivity index (χ1n) is 9.99. The van der Waals surface area contributed by atoms with E-state index in [1.54, 1.807) is 30.0 Å². The van der Waals surface area contributed by atoms with Crippen LogP contribution in [0.25, 0.3) is 0 Å². The topological polar surface area (TPSA) is 84.0 Å². The minimum atomic E-state index is -3.57. The van der Waals surface area contributed by atoms with Gasteiger partial charge in [0.2, 0.25) is 10.0 Å². The Bertz CT molecular complexity index is 810. The van der Waals surface area contributed by atoms with Crippen molar-refractivity contribution in [2.45, 2.75) is 43.9 Å². The minimum absolute atomic E-state index is 0.168. The summed E-state index contributed by atoms with van der Waals surface area (Å²) in [5.74, 6) is -0.572. The molecular formula is C20H28N2O5S. The highest BCUT2D eigenvalue weighted by Gasteiger charge is 2.30. The number of ether oxygens (including phenoxy) is 1. The lowest BCUT2D eigenvalue weighted by Gasteiger charge is -2.31. The van der Waals surface area contributed by atoms with E-state index in [4.69, 9.17) is 4.74 Å². The maximum Gasteiger partial charge on any atom is 0.309 e. The summed E-state index contributed by atoms with van der Waals surface area (Å²) in [5, 5.41) is 0. The van der Waals surface area contributed by atoms with Crippen LogP contribution < -0.4 is 0 Å². The fraction of sp³-hybridized carbons (Fsp3) is 0.600. The number of benzene rings is 1. The zero-order valence-electron chi connectivity index (χ0n) is 16.3. The van der Waals surface area contributed by atoms with Crippen LogP contribution in [0.15, 0.2) is 29.2 Å². The highest BCUT2D eigenvalue weighted by atomic mass is 32.2. The van der Waals surface area contributed by atoms with E-state index in [2.05, 4.69) is 0 Å². The molecule has 0 unspecified atom stereocenters. The molecule has 0 N–H and O–H groups in total. The van der Waals surface area contributed by atoms with Crippen LogP contribution in [0.1, 0.15) is 49.4 Å². The number of rotatable bonds is 5. The van der Waals surface area contributed by atoms with E-state index in [0.717, 1.165) is 19.3 Å². The summed E-state index contributed by atoms with van der Waals surface area (Å²) < 4.78 is 32.3. The van der Waals surface area contributed by atoms with Crippen molar-refractivity contribution in [3.8, 4) is 0 Å². The lowest BCUT2D eigenvalue weighted by molar-refractivity contribution is -0.149. The van der Waals surface area contributed by atoms with E-state index in [-0.39, 0.29) is 22.7 Å². The average Bonchev–Trinajstić information content (AvgIpc) is 2.74. The lowest BCUT2D eigenvalue weighted by Crippen LogP contribution is -2.40. The molecule has 0 bridgehead atoms. The van der Waals surface area contributed by atoms with Crippen LogP contribution in [0.3, 0.4) is 0 Å². The largest absolute Gasteiger partial charge is 0.466 e. The van der Waals surface area contributed by atoms with E-state index in [0.29, 0.717) is 51.2 Å². The van der Waals surface area contributed by atoms with Crippen molar-refractivity contribution in [2.75, 3.05) is 32.8 Å².